The molecule has 0 bridgehead atoms. The Labute approximate surface area is 169 Å². The fourth-order valence-electron chi connectivity index (χ4n) is 4.80. The van der Waals surface area contributed by atoms with Crippen molar-refractivity contribution in [2.24, 2.45) is 0 Å². The lowest BCUT2D eigenvalue weighted by atomic mass is 9.80. The molecule has 0 unspecified atom stereocenters. The molecule has 0 aliphatic carbocycles. The zero-order valence-corrected chi connectivity index (χ0v) is 17.3. The molecule has 2 aliphatic rings. The van der Waals surface area contributed by atoms with E-state index in [1.54, 1.807) is 0 Å². The van der Waals surface area contributed by atoms with Crippen LogP contribution in [0.1, 0.15) is 36.5 Å². The number of hydrogen-bond acceptors (Lipinski definition) is 3. The number of likely N-dealkylation sites (tertiary alicyclic amines) is 1. The minimum Gasteiger partial charge on any atom is -0.372 e. The number of anilines is 2. The van der Waals surface area contributed by atoms with Gasteiger partial charge in [-0.15, -0.1) is 0 Å². The highest BCUT2D eigenvalue weighted by Gasteiger charge is 2.43. The number of benzene rings is 2. The first kappa shape index (κ1) is 18.8. The summed E-state index contributed by atoms with van der Waals surface area (Å²) < 4.78 is 0. The second kappa shape index (κ2) is 7.48. The lowest BCUT2D eigenvalue weighted by Gasteiger charge is -2.50. The fraction of sp³-hybridized carbons (Fsp3) is 0.360. The summed E-state index contributed by atoms with van der Waals surface area (Å²) in [5.74, 6) is 0. The van der Waals surface area contributed by atoms with E-state index in [4.69, 9.17) is 0 Å². The number of hydrogen-bond donors (Lipinski definition) is 1. The smallest absolute Gasteiger partial charge is 0.0801 e. The van der Waals surface area contributed by atoms with Crippen LogP contribution in [-0.4, -0.2) is 23.5 Å². The first-order valence-corrected chi connectivity index (χ1v) is 10.3. The van der Waals surface area contributed by atoms with E-state index in [-0.39, 0.29) is 5.54 Å². The third-order valence-corrected chi connectivity index (χ3v) is 6.19. The number of rotatable bonds is 3. The topological polar surface area (TPSA) is 18.5 Å². The van der Waals surface area contributed by atoms with E-state index in [9.17, 15) is 0 Å². The molecule has 4 rings (SSSR count). The van der Waals surface area contributed by atoms with Crippen LogP contribution in [0.4, 0.5) is 11.4 Å². The number of nitrogens with zero attached hydrogens (tertiary/aromatic N) is 2. The van der Waals surface area contributed by atoms with Gasteiger partial charge in [0.05, 0.1) is 16.9 Å². The number of aryl methyl sites for hydroxylation is 2. The molecule has 3 nitrogen and oxygen atoms in total. The van der Waals surface area contributed by atoms with Gasteiger partial charge in [-0.05, 0) is 56.9 Å². The quantitative estimate of drug-likeness (QED) is 0.753. The zero-order chi connectivity index (χ0) is 19.7. The van der Waals surface area contributed by atoms with Crippen LogP contribution in [0.2, 0.25) is 0 Å². The van der Waals surface area contributed by atoms with Gasteiger partial charge < -0.3 is 10.2 Å². The van der Waals surface area contributed by atoms with Crippen molar-refractivity contribution in [1.82, 2.24) is 4.90 Å². The molecule has 0 amide bonds. The Morgan fingerprint density at radius 2 is 1.82 bits per heavy atom. The molecule has 2 heterocycles. The summed E-state index contributed by atoms with van der Waals surface area (Å²) in [4.78, 5) is 4.86. The van der Waals surface area contributed by atoms with Crippen molar-refractivity contribution in [2.75, 3.05) is 23.3 Å². The Bertz CT molecular complexity index is 904. The molecular weight excluding hydrogens is 342 g/mol. The zero-order valence-electron chi connectivity index (χ0n) is 17.3. The third kappa shape index (κ3) is 3.35. The van der Waals surface area contributed by atoms with Gasteiger partial charge in [0.15, 0.2) is 0 Å². The standard InChI is InChI=1S/C25H31N3/c1-5-24-25(26-22-17-20(4)10-11-23(22)28(24)6-2)12-14-27(15-13-25)18-21-9-7-8-19(3)16-21/h5-11,16-17,26H,2,12-15,18H2,1,3-4H3. The average molecular weight is 374 g/mol. The van der Waals surface area contributed by atoms with E-state index in [1.807, 2.05) is 6.20 Å². The molecule has 1 spiro atoms. The van der Waals surface area contributed by atoms with Crippen LogP contribution < -0.4 is 10.2 Å². The maximum Gasteiger partial charge on any atom is 0.0801 e. The number of nitrogens with one attached hydrogen (secondary N) is 1. The summed E-state index contributed by atoms with van der Waals surface area (Å²) in [5, 5.41) is 3.93. The van der Waals surface area contributed by atoms with Gasteiger partial charge in [-0.25, -0.2) is 0 Å². The monoisotopic (exact) mass is 373 g/mol. The van der Waals surface area contributed by atoms with Crippen molar-refractivity contribution in [3.05, 3.63) is 83.7 Å². The van der Waals surface area contributed by atoms with Gasteiger partial charge in [-0.3, -0.25) is 4.90 Å². The molecule has 0 aromatic heterocycles. The van der Waals surface area contributed by atoms with E-state index < -0.39 is 0 Å². The summed E-state index contributed by atoms with van der Waals surface area (Å²) >= 11 is 0. The molecule has 28 heavy (non-hydrogen) atoms. The van der Waals surface area contributed by atoms with Crippen molar-refractivity contribution in [3.63, 3.8) is 0 Å². The van der Waals surface area contributed by atoms with Crippen LogP contribution in [0.5, 0.6) is 0 Å². The SMILES string of the molecule is C=CN1C(=CC)C2(CCN(Cc3cccc(C)c3)CC2)Nc2cc(C)ccc21. The first-order chi connectivity index (χ1) is 13.5. The Kier molecular flexibility index (Phi) is 5.03. The van der Waals surface area contributed by atoms with Crippen LogP contribution in [0.25, 0.3) is 0 Å². The molecule has 1 saturated heterocycles. The van der Waals surface area contributed by atoms with Gasteiger partial charge in [0.25, 0.3) is 0 Å². The Morgan fingerprint density at radius 3 is 2.50 bits per heavy atom. The Morgan fingerprint density at radius 1 is 1.07 bits per heavy atom. The van der Waals surface area contributed by atoms with Crippen molar-refractivity contribution in [2.45, 2.75) is 45.7 Å². The summed E-state index contributed by atoms with van der Waals surface area (Å²) in [6.45, 7) is 13.8. The highest BCUT2D eigenvalue weighted by atomic mass is 15.3. The molecule has 2 aromatic carbocycles. The normalized spacial score (nSPS) is 20.1. The van der Waals surface area contributed by atoms with Crippen molar-refractivity contribution in [1.29, 1.82) is 0 Å². The van der Waals surface area contributed by atoms with Crippen molar-refractivity contribution < 1.29 is 0 Å². The first-order valence-electron chi connectivity index (χ1n) is 10.3. The van der Waals surface area contributed by atoms with Gasteiger partial charge >= 0.3 is 0 Å². The van der Waals surface area contributed by atoms with Gasteiger partial charge in [-0.1, -0.05) is 48.6 Å². The van der Waals surface area contributed by atoms with E-state index in [0.717, 1.165) is 32.5 Å². The van der Waals surface area contributed by atoms with E-state index >= 15 is 0 Å². The minimum atomic E-state index is -0.0210. The molecule has 1 fully saturated rings. The second-order valence-electron chi connectivity index (χ2n) is 8.22. The van der Waals surface area contributed by atoms with Crippen molar-refractivity contribution >= 4 is 11.4 Å². The summed E-state index contributed by atoms with van der Waals surface area (Å²) in [5.41, 5.74) is 7.75. The van der Waals surface area contributed by atoms with Crippen LogP contribution >= 0.6 is 0 Å². The fourth-order valence-corrected chi connectivity index (χ4v) is 4.80. The molecule has 1 N–H and O–H groups in total. The van der Waals surface area contributed by atoms with Crippen LogP contribution in [0.3, 0.4) is 0 Å². The molecule has 0 radical (unpaired) electrons. The Hall–Kier alpha value is -2.52. The maximum absolute atomic E-state index is 4.11. The molecule has 0 atom stereocenters. The molecule has 146 valence electrons. The molecule has 3 heteroatoms. The van der Waals surface area contributed by atoms with E-state index in [0.29, 0.717) is 0 Å². The van der Waals surface area contributed by atoms with Gasteiger partial charge in [0.2, 0.25) is 0 Å². The van der Waals surface area contributed by atoms with Crippen LogP contribution in [0, 0.1) is 13.8 Å². The predicted octanol–water partition coefficient (Wildman–Crippen LogP) is 5.62. The predicted molar refractivity (Wildman–Crippen MR) is 120 cm³/mol. The molecular formula is C25H31N3. The highest BCUT2D eigenvalue weighted by molar-refractivity contribution is 5.80. The van der Waals surface area contributed by atoms with E-state index in [1.165, 1.54) is 33.8 Å². The second-order valence-corrected chi connectivity index (χ2v) is 8.22. The largest absolute Gasteiger partial charge is 0.372 e. The molecule has 0 saturated carbocycles. The maximum atomic E-state index is 4.11. The van der Waals surface area contributed by atoms with Crippen LogP contribution in [-0.2, 0) is 6.54 Å². The summed E-state index contributed by atoms with van der Waals surface area (Å²) in [6.07, 6.45) is 6.41. The number of fused-ring (bicyclic) bond motifs is 1. The summed E-state index contributed by atoms with van der Waals surface area (Å²) in [6, 6.07) is 15.5. The lowest BCUT2D eigenvalue weighted by molar-refractivity contribution is 0.180. The third-order valence-electron chi connectivity index (χ3n) is 6.19. The highest BCUT2D eigenvalue weighted by Crippen LogP contribution is 2.45. The van der Waals surface area contributed by atoms with Gasteiger partial charge in [-0.2, -0.15) is 0 Å². The van der Waals surface area contributed by atoms with Crippen molar-refractivity contribution in [3.8, 4) is 0 Å². The van der Waals surface area contributed by atoms with Crippen LogP contribution in [0.15, 0.2) is 67.0 Å². The van der Waals surface area contributed by atoms with Gasteiger partial charge in [0, 0.05) is 31.5 Å². The van der Waals surface area contributed by atoms with Gasteiger partial charge in [0.1, 0.15) is 0 Å². The number of allylic oxidation sites excluding steroid dienone is 1. The lowest BCUT2D eigenvalue weighted by Crippen LogP contribution is -2.55. The summed E-state index contributed by atoms with van der Waals surface area (Å²) in [7, 11) is 0. The molecule has 2 aromatic rings. The Balaban J connectivity index is 1.57. The average Bonchev–Trinajstić information content (AvgIpc) is 2.68. The van der Waals surface area contributed by atoms with E-state index in [2.05, 4.69) is 91.0 Å². The molecule has 2 aliphatic heterocycles. The number of piperidine rings is 1. The minimum absolute atomic E-state index is 0.0210.